The quantitative estimate of drug-likeness (QED) is 0.161. The van der Waals surface area contributed by atoms with Crippen LogP contribution in [0.4, 0.5) is 0 Å². The Bertz CT molecular complexity index is 3550. The Morgan fingerprint density at radius 2 is 0.855 bits per heavy atom. The van der Waals surface area contributed by atoms with Gasteiger partial charge in [0.1, 0.15) is 11.2 Å². The van der Waals surface area contributed by atoms with E-state index in [2.05, 4.69) is 206 Å². The van der Waals surface area contributed by atoms with Crippen LogP contribution in [0.2, 0.25) is 0 Å². The van der Waals surface area contributed by atoms with Gasteiger partial charge in [-0.15, -0.1) is 11.3 Å². The van der Waals surface area contributed by atoms with Crippen molar-refractivity contribution in [2.45, 2.75) is 0 Å². The molecule has 3 nitrogen and oxygen atoms in total. The summed E-state index contributed by atoms with van der Waals surface area (Å²) in [5.74, 6) is 0.671. The predicted octanol–water partition coefficient (Wildman–Crippen LogP) is 16.4. The highest BCUT2D eigenvalue weighted by Gasteiger charge is 2.19. The Morgan fingerprint density at radius 1 is 0.323 bits per heavy atom. The van der Waals surface area contributed by atoms with Crippen LogP contribution < -0.4 is 0 Å². The summed E-state index contributed by atoms with van der Waals surface area (Å²) >= 11 is 1.84. The molecule has 0 radical (unpaired) electrons. The molecule has 0 atom stereocenters. The molecule has 9 aromatic carbocycles. The van der Waals surface area contributed by atoms with Crippen LogP contribution in [0.25, 0.3) is 121 Å². The molecule has 0 unspecified atom stereocenters. The third-order valence-corrected chi connectivity index (χ3v) is 13.0. The van der Waals surface area contributed by atoms with Gasteiger partial charge in [0.05, 0.1) is 11.4 Å². The average Bonchev–Trinajstić information content (AvgIpc) is 3.93. The second kappa shape index (κ2) is 15.0. The van der Waals surface area contributed by atoms with Crippen molar-refractivity contribution in [3.05, 3.63) is 218 Å². The average molecular weight is 809 g/mol. The molecular weight excluding hydrogens is 773 g/mol. The molecule has 4 heteroatoms. The number of fused-ring (bicyclic) bond motifs is 6. The van der Waals surface area contributed by atoms with Crippen molar-refractivity contribution in [3.63, 3.8) is 0 Å². The largest absolute Gasteiger partial charge is 0.455 e. The molecule has 0 saturated heterocycles. The van der Waals surface area contributed by atoms with Crippen LogP contribution in [0.3, 0.4) is 0 Å². The van der Waals surface area contributed by atoms with Crippen molar-refractivity contribution in [2.75, 3.05) is 0 Å². The van der Waals surface area contributed by atoms with E-state index < -0.39 is 0 Å². The minimum Gasteiger partial charge on any atom is -0.455 e. The van der Waals surface area contributed by atoms with Gasteiger partial charge in [-0.05, 0) is 87.5 Å². The van der Waals surface area contributed by atoms with E-state index in [4.69, 9.17) is 14.4 Å². The van der Waals surface area contributed by atoms with E-state index >= 15 is 0 Å². The maximum absolute atomic E-state index is 6.73. The number of benzene rings is 9. The van der Waals surface area contributed by atoms with Gasteiger partial charge in [0.15, 0.2) is 5.82 Å². The van der Waals surface area contributed by atoms with Crippen LogP contribution in [0.15, 0.2) is 223 Å². The molecule has 12 rings (SSSR count). The number of rotatable bonds is 7. The first-order chi connectivity index (χ1) is 30.7. The molecule has 0 amide bonds. The van der Waals surface area contributed by atoms with Gasteiger partial charge in [-0.1, -0.05) is 170 Å². The predicted molar refractivity (Wildman–Crippen MR) is 260 cm³/mol. The summed E-state index contributed by atoms with van der Waals surface area (Å²) in [6.07, 6.45) is 0. The molecule has 0 fully saturated rings. The summed E-state index contributed by atoms with van der Waals surface area (Å²) < 4.78 is 9.31. The van der Waals surface area contributed by atoms with Crippen molar-refractivity contribution in [1.29, 1.82) is 0 Å². The highest BCUT2D eigenvalue weighted by Crippen LogP contribution is 2.44. The van der Waals surface area contributed by atoms with Gasteiger partial charge in [-0.25, -0.2) is 9.97 Å². The Balaban J connectivity index is 0.978. The molecule has 62 heavy (non-hydrogen) atoms. The zero-order chi connectivity index (χ0) is 41.0. The molecular formula is C58H36N2OS. The third kappa shape index (κ3) is 6.37. The fourth-order valence-electron chi connectivity index (χ4n) is 8.84. The number of hydrogen-bond acceptors (Lipinski definition) is 4. The first-order valence-corrected chi connectivity index (χ1v) is 21.7. The molecule has 0 N–H and O–H groups in total. The smallest absolute Gasteiger partial charge is 0.160 e. The summed E-state index contributed by atoms with van der Waals surface area (Å²) in [6.45, 7) is 0. The van der Waals surface area contributed by atoms with Crippen molar-refractivity contribution in [3.8, 4) is 78.4 Å². The van der Waals surface area contributed by atoms with E-state index in [1.165, 1.54) is 20.2 Å². The van der Waals surface area contributed by atoms with Gasteiger partial charge in [-0.3, -0.25) is 0 Å². The van der Waals surface area contributed by atoms with Crippen LogP contribution in [-0.2, 0) is 0 Å². The third-order valence-electron chi connectivity index (χ3n) is 11.9. The summed E-state index contributed by atoms with van der Waals surface area (Å²) in [4.78, 5) is 10.5. The summed E-state index contributed by atoms with van der Waals surface area (Å²) in [6, 6.07) is 77.3. The minimum absolute atomic E-state index is 0.671. The SMILES string of the molecule is c1ccc(-c2cc(-c3ccccc3)cc(-c3cc(-c4ccccc4)nc(-c4ccc(-c5ccc(-c6ccc7c(c6)sc6ccccc67)c6oc7ccccc7c56)cc4)n3)c2)cc1. The molecule has 0 aliphatic carbocycles. The lowest BCUT2D eigenvalue weighted by Crippen LogP contribution is -1.96. The molecule has 0 bridgehead atoms. The van der Waals surface area contributed by atoms with Gasteiger partial charge in [0.25, 0.3) is 0 Å². The Labute approximate surface area is 362 Å². The van der Waals surface area contributed by atoms with Crippen LogP contribution in [0, 0.1) is 0 Å². The maximum atomic E-state index is 6.73. The number of hydrogen-bond donors (Lipinski definition) is 0. The second-order valence-electron chi connectivity index (χ2n) is 15.7. The lowest BCUT2D eigenvalue weighted by molar-refractivity contribution is 0.670. The first-order valence-electron chi connectivity index (χ1n) is 20.9. The van der Waals surface area contributed by atoms with E-state index in [0.29, 0.717) is 5.82 Å². The normalized spacial score (nSPS) is 11.5. The number of para-hydroxylation sites is 1. The zero-order valence-electron chi connectivity index (χ0n) is 33.5. The van der Waals surface area contributed by atoms with E-state index in [9.17, 15) is 0 Å². The van der Waals surface area contributed by atoms with Crippen molar-refractivity contribution in [2.24, 2.45) is 0 Å². The Morgan fingerprint density at radius 3 is 1.56 bits per heavy atom. The van der Waals surface area contributed by atoms with Gasteiger partial charge >= 0.3 is 0 Å². The lowest BCUT2D eigenvalue weighted by atomic mass is 9.93. The summed E-state index contributed by atoms with van der Waals surface area (Å²) in [7, 11) is 0. The zero-order valence-corrected chi connectivity index (χ0v) is 34.3. The molecule has 12 aromatic rings. The molecule has 0 spiro atoms. The maximum Gasteiger partial charge on any atom is 0.160 e. The molecule has 0 aliphatic heterocycles. The van der Waals surface area contributed by atoms with E-state index in [-0.39, 0.29) is 0 Å². The fourth-order valence-corrected chi connectivity index (χ4v) is 9.98. The second-order valence-corrected chi connectivity index (χ2v) is 16.8. The van der Waals surface area contributed by atoms with Crippen LogP contribution in [0.1, 0.15) is 0 Å². The molecule has 0 saturated carbocycles. The first kappa shape index (κ1) is 36.0. The monoisotopic (exact) mass is 808 g/mol. The van der Waals surface area contributed by atoms with Crippen molar-refractivity contribution < 1.29 is 4.42 Å². The van der Waals surface area contributed by atoms with E-state index in [1.807, 2.05) is 23.5 Å². The highest BCUT2D eigenvalue weighted by atomic mass is 32.1. The van der Waals surface area contributed by atoms with E-state index in [0.717, 1.165) is 94.5 Å². The summed E-state index contributed by atoms with van der Waals surface area (Å²) in [5.41, 5.74) is 15.6. The van der Waals surface area contributed by atoms with Crippen LogP contribution in [0.5, 0.6) is 0 Å². The van der Waals surface area contributed by atoms with E-state index in [1.54, 1.807) is 0 Å². The lowest BCUT2D eigenvalue weighted by Gasteiger charge is -2.13. The molecule has 3 heterocycles. The topological polar surface area (TPSA) is 38.9 Å². The molecule has 290 valence electrons. The Hall–Kier alpha value is -7.92. The minimum atomic E-state index is 0.671. The number of thiophene rings is 1. The van der Waals surface area contributed by atoms with Crippen molar-refractivity contribution in [1.82, 2.24) is 9.97 Å². The number of furan rings is 1. The summed E-state index contributed by atoms with van der Waals surface area (Å²) in [5, 5.41) is 4.80. The standard InChI is InChI=1S/C58H36N2OS/c1-4-14-37(15-5-1)43-32-44(38-16-6-2-7-17-38)34-45(33-43)52-36-51(40-18-8-3-9-19-40)59-58(60-52)41-26-24-39(25-27-41)46-30-31-47(57-56(46)50-21-10-12-22-53(50)61-57)42-28-29-49-48-20-11-13-23-54(48)62-55(49)35-42/h1-36H. The Kier molecular flexibility index (Phi) is 8.68. The van der Waals surface area contributed by atoms with Crippen LogP contribution in [-0.4, -0.2) is 9.97 Å². The molecule has 0 aliphatic rings. The van der Waals surface area contributed by atoms with Gasteiger partial charge in [0.2, 0.25) is 0 Å². The fraction of sp³-hybridized carbons (Fsp3) is 0. The highest BCUT2D eigenvalue weighted by molar-refractivity contribution is 7.25. The molecule has 3 aromatic heterocycles. The van der Waals surface area contributed by atoms with Crippen LogP contribution >= 0.6 is 11.3 Å². The van der Waals surface area contributed by atoms with Crippen molar-refractivity contribution >= 4 is 53.4 Å². The number of aromatic nitrogens is 2. The van der Waals surface area contributed by atoms with Gasteiger partial charge in [0, 0.05) is 53.2 Å². The number of nitrogens with zero attached hydrogens (tertiary/aromatic N) is 2. The van der Waals surface area contributed by atoms with Gasteiger partial charge < -0.3 is 4.42 Å². The van der Waals surface area contributed by atoms with Gasteiger partial charge in [-0.2, -0.15) is 0 Å².